The number of rotatable bonds is 6. The topological polar surface area (TPSA) is 52.6 Å². The van der Waals surface area contributed by atoms with E-state index in [4.69, 9.17) is 9.47 Å². The molecule has 0 N–H and O–H groups in total. The van der Waals surface area contributed by atoms with E-state index in [0.717, 1.165) is 44.1 Å². The predicted octanol–water partition coefficient (Wildman–Crippen LogP) is 5.23. The molecular weight excluding hydrogens is 340 g/mol. The van der Waals surface area contributed by atoms with E-state index in [2.05, 4.69) is 20.4 Å². The summed E-state index contributed by atoms with van der Waals surface area (Å²) < 4.78 is 10.2. The summed E-state index contributed by atoms with van der Waals surface area (Å²) in [6.07, 6.45) is 9.11. The maximum atomic E-state index is 11.5. The van der Waals surface area contributed by atoms with E-state index >= 15 is 0 Å². The number of carbonyl (C=O) groups excluding carboxylic acids is 2. The van der Waals surface area contributed by atoms with Gasteiger partial charge in [0.15, 0.2) is 0 Å². The van der Waals surface area contributed by atoms with Gasteiger partial charge in [-0.2, -0.15) is 0 Å². The largest absolute Gasteiger partial charge is 0.466 e. The molecule has 0 aliphatic heterocycles. The number of esters is 2. The van der Waals surface area contributed by atoms with Crippen LogP contribution in [0.1, 0.15) is 72.6 Å². The van der Waals surface area contributed by atoms with Crippen molar-refractivity contribution in [1.29, 1.82) is 0 Å². The fourth-order valence-corrected chi connectivity index (χ4v) is 5.76. The summed E-state index contributed by atoms with van der Waals surface area (Å²) in [4.78, 5) is 22.9. The highest BCUT2D eigenvalue weighted by Crippen LogP contribution is 2.62. The zero-order chi connectivity index (χ0) is 20.2. The van der Waals surface area contributed by atoms with Gasteiger partial charge >= 0.3 is 11.9 Å². The second-order valence-corrected chi connectivity index (χ2v) is 9.15. The summed E-state index contributed by atoms with van der Waals surface area (Å²) >= 11 is 0. The summed E-state index contributed by atoms with van der Waals surface area (Å²) in [6, 6.07) is 0. The van der Waals surface area contributed by atoms with Gasteiger partial charge in [0.2, 0.25) is 0 Å². The Morgan fingerprint density at radius 2 is 1.96 bits per heavy atom. The lowest BCUT2D eigenvalue weighted by molar-refractivity contribution is -0.152. The molecule has 0 unspecified atom stereocenters. The maximum absolute atomic E-state index is 11.5. The molecule has 2 aliphatic rings. The zero-order valence-electron chi connectivity index (χ0n) is 17.7. The molecule has 4 atom stereocenters. The molecule has 4 nitrogen and oxygen atoms in total. The van der Waals surface area contributed by atoms with Crippen LogP contribution in [-0.2, 0) is 19.1 Å². The van der Waals surface area contributed by atoms with Crippen molar-refractivity contribution < 1.29 is 19.1 Å². The van der Waals surface area contributed by atoms with Gasteiger partial charge in [-0.05, 0) is 62.7 Å². The van der Waals surface area contributed by atoms with Gasteiger partial charge in [-0.1, -0.05) is 38.0 Å². The van der Waals surface area contributed by atoms with Crippen LogP contribution in [0.4, 0.5) is 0 Å². The molecular formula is C23H36O4. The van der Waals surface area contributed by atoms with Crippen LogP contribution in [-0.4, -0.2) is 25.7 Å². The van der Waals surface area contributed by atoms with E-state index in [-0.39, 0.29) is 22.8 Å². The Labute approximate surface area is 164 Å². The van der Waals surface area contributed by atoms with Crippen molar-refractivity contribution in [2.75, 3.05) is 13.7 Å². The van der Waals surface area contributed by atoms with Crippen LogP contribution in [0, 0.1) is 22.7 Å². The van der Waals surface area contributed by atoms with E-state index in [9.17, 15) is 9.59 Å². The van der Waals surface area contributed by atoms with Crippen LogP contribution in [0.15, 0.2) is 23.8 Å². The number of hydrogen-bond donors (Lipinski definition) is 0. The van der Waals surface area contributed by atoms with Crippen molar-refractivity contribution in [1.82, 2.24) is 0 Å². The zero-order valence-corrected chi connectivity index (χ0v) is 17.7. The van der Waals surface area contributed by atoms with E-state index in [1.165, 1.54) is 26.0 Å². The summed E-state index contributed by atoms with van der Waals surface area (Å²) in [6.45, 7) is 13.1. The van der Waals surface area contributed by atoms with Gasteiger partial charge in [0.1, 0.15) is 0 Å². The Kier molecular flexibility index (Phi) is 6.93. The molecule has 0 aromatic rings. The molecule has 27 heavy (non-hydrogen) atoms. The minimum Gasteiger partial charge on any atom is -0.466 e. The molecule has 0 bridgehead atoms. The highest BCUT2D eigenvalue weighted by atomic mass is 16.5. The number of allylic oxidation sites excluding steroid dienone is 2. The molecule has 2 saturated carbocycles. The van der Waals surface area contributed by atoms with Crippen molar-refractivity contribution >= 4 is 11.9 Å². The molecule has 4 heteroatoms. The summed E-state index contributed by atoms with van der Waals surface area (Å²) in [5.41, 5.74) is 2.61. The van der Waals surface area contributed by atoms with Gasteiger partial charge < -0.3 is 9.47 Å². The van der Waals surface area contributed by atoms with E-state index in [0.29, 0.717) is 18.4 Å². The summed E-state index contributed by atoms with van der Waals surface area (Å²) in [5, 5.41) is 0. The van der Waals surface area contributed by atoms with Gasteiger partial charge in [-0.15, -0.1) is 0 Å². The van der Waals surface area contributed by atoms with Crippen LogP contribution in [0.3, 0.4) is 0 Å². The van der Waals surface area contributed by atoms with Gasteiger partial charge in [0.25, 0.3) is 0 Å². The highest BCUT2D eigenvalue weighted by molar-refractivity contribution is 5.82. The number of carbonyl (C=O) groups is 2. The van der Waals surface area contributed by atoms with Crippen molar-refractivity contribution in [3.63, 3.8) is 0 Å². The van der Waals surface area contributed by atoms with E-state index in [1.807, 2.05) is 6.92 Å². The Bertz CT molecular complexity index is 620. The third-order valence-electron chi connectivity index (χ3n) is 7.14. The molecule has 0 saturated heterocycles. The van der Waals surface area contributed by atoms with Gasteiger partial charge in [-0.25, -0.2) is 4.79 Å². The molecule has 2 aliphatic carbocycles. The normalized spacial score (nSPS) is 34.0. The Morgan fingerprint density at radius 1 is 1.26 bits per heavy atom. The lowest BCUT2D eigenvalue weighted by Gasteiger charge is -2.58. The quantitative estimate of drug-likeness (QED) is 0.362. The molecule has 2 rings (SSSR count). The highest BCUT2D eigenvalue weighted by Gasteiger charge is 2.54. The molecule has 0 amide bonds. The van der Waals surface area contributed by atoms with Crippen molar-refractivity contribution in [3.05, 3.63) is 23.8 Å². The number of methoxy groups -OCH3 is 1. The van der Waals surface area contributed by atoms with Crippen LogP contribution in [0.2, 0.25) is 0 Å². The molecule has 0 radical (unpaired) electrons. The Morgan fingerprint density at radius 3 is 2.59 bits per heavy atom. The van der Waals surface area contributed by atoms with E-state index < -0.39 is 0 Å². The third-order valence-corrected chi connectivity index (χ3v) is 7.14. The van der Waals surface area contributed by atoms with Gasteiger partial charge in [-0.3, -0.25) is 4.79 Å². The minimum atomic E-state index is -0.286. The molecule has 2 fully saturated rings. The first-order valence-electron chi connectivity index (χ1n) is 10.2. The first kappa shape index (κ1) is 21.7. The maximum Gasteiger partial charge on any atom is 0.330 e. The second-order valence-electron chi connectivity index (χ2n) is 9.15. The monoisotopic (exact) mass is 376 g/mol. The summed E-state index contributed by atoms with van der Waals surface area (Å²) in [7, 11) is 1.41. The fraction of sp³-hybridized carbons (Fsp3) is 0.739. The predicted molar refractivity (Wildman–Crippen MR) is 107 cm³/mol. The lowest BCUT2D eigenvalue weighted by atomic mass is 9.47. The second kappa shape index (κ2) is 8.62. The lowest BCUT2D eigenvalue weighted by Crippen LogP contribution is -2.52. The smallest absolute Gasteiger partial charge is 0.330 e. The Balaban J connectivity index is 2.18. The first-order chi connectivity index (χ1) is 12.6. The van der Waals surface area contributed by atoms with Crippen LogP contribution >= 0.6 is 0 Å². The van der Waals surface area contributed by atoms with Crippen molar-refractivity contribution in [3.8, 4) is 0 Å². The molecule has 152 valence electrons. The fourth-order valence-electron chi connectivity index (χ4n) is 5.76. The number of hydrogen-bond acceptors (Lipinski definition) is 4. The Hall–Kier alpha value is -1.58. The van der Waals surface area contributed by atoms with Crippen LogP contribution in [0.5, 0.6) is 0 Å². The molecule has 0 spiro atoms. The first-order valence-corrected chi connectivity index (χ1v) is 10.2. The number of ether oxygens (including phenoxy) is 2. The average Bonchev–Trinajstić information content (AvgIpc) is 2.59. The number of fused-ring (bicyclic) bond motifs is 1. The van der Waals surface area contributed by atoms with Gasteiger partial charge in [0, 0.05) is 18.4 Å². The van der Waals surface area contributed by atoms with Crippen molar-refractivity contribution in [2.24, 2.45) is 22.7 Å². The standard InChI is InChI=1S/C23H36O4/c1-16(14-21(25)26-6)8-10-19-17(2)9-11-20-22(4,15-27-18(3)24)12-7-13-23(19,20)5/h14,19-20H,2,7-13,15H2,1,3-6H3/b16-14+/t19-,20-,22+,23+/m0/s1. The average molecular weight is 377 g/mol. The minimum absolute atomic E-state index is 0.0362. The molecule has 0 heterocycles. The SMILES string of the molecule is C=C1CC[C@H]2[C@@](C)(COC(C)=O)CCC[C@]2(C)[C@H]1CC/C(C)=C/C(=O)OC. The van der Waals surface area contributed by atoms with Crippen molar-refractivity contribution in [2.45, 2.75) is 72.6 Å². The molecule has 0 aromatic carbocycles. The van der Waals surface area contributed by atoms with Crippen LogP contribution < -0.4 is 0 Å². The van der Waals surface area contributed by atoms with Crippen LogP contribution in [0.25, 0.3) is 0 Å². The molecule has 0 aromatic heterocycles. The summed E-state index contributed by atoms with van der Waals surface area (Å²) in [5.74, 6) is 0.488. The van der Waals surface area contributed by atoms with E-state index in [1.54, 1.807) is 6.08 Å². The van der Waals surface area contributed by atoms with Gasteiger partial charge in [0.05, 0.1) is 13.7 Å². The third kappa shape index (κ3) is 4.83.